The largest absolute Gasteiger partial charge is 0.491 e. The maximum absolute atomic E-state index is 11.4. The average Bonchev–Trinajstić information content (AvgIpc) is 2.92. The number of rotatable bonds is 15. The number of carbonyl (C=O) groups is 1. The zero-order valence-electron chi connectivity index (χ0n) is 20.7. The third-order valence-electron chi connectivity index (χ3n) is 5.86. The number of pyridine rings is 2. The van der Waals surface area contributed by atoms with E-state index < -0.39 is 5.97 Å². The molecule has 9 heteroatoms. The fraction of sp³-hybridized carbons (Fsp3) is 0.321. The van der Waals surface area contributed by atoms with Crippen LogP contribution >= 0.6 is 0 Å². The van der Waals surface area contributed by atoms with Crippen molar-refractivity contribution in [1.82, 2.24) is 15.3 Å². The van der Waals surface area contributed by atoms with Gasteiger partial charge in [-0.3, -0.25) is 4.98 Å². The lowest BCUT2D eigenvalue weighted by atomic mass is 10.1. The van der Waals surface area contributed by atoms with Crippen LogP contribution in [0.5, 0.6) is 5.75 Å². The molecule has 0 amide bonds. The highest BCUT2D eigenvalue weighted by molar-refractivity contribution is 6.10. The highest BCUT2D eigenvalue weighted by atomic mass is 16.5. The molecule has 4 rings (SSSR count). The fourth-order valence-corrected chi connectivity index (χ4v) is 4.06. The SMILES string of the molecule is O=C(O)c1ccc2c(c1)nc(NCCOCCCCNCc1cccc(OCCO)c1)c1ccncc12. The van der Waals surface area contributed by atoms with Gasteiger partial charge in [-0.15, -0.1) is 0 Å². The van der Waals surface area contributed by atoms with E-state index in [0.717, 1.165) is 53.4 Å². The van der Waals surface area contributed by atoms with Gasteiger partial charge in [0.2, 0.25) is 0 Å². The normalized spacial score (nSPS) is 11.2. The van der Waals surface area contributed by atoms with Crippen molar-refractivity contribution in [2.75, 3.05) is 44.8 Å². The molecular formula is C28H32N4O5. The van der Waals surface area contributed by atoms with E-state index in [1.807, 2.05) is 30.3 Å². The molecule has 0 aliphatic carbocycles. The van der Waals surface area contributed by atoms with Crippen molar-refractivity contribution in [3.8, 4) is 5.75 Å². The van der Waals surface area contributed by atoms with E-state index in [4.69, 9.17) is 14.6 Å². The lowest BCUT2D eigenvalue weighted by molar-refractivity contribution is 0.0697. The standard InChI is InChI=1S/C28H32N4O5/c33-12-15-37-22-5-3-4-20(16-22)18-29-9-1-2-13-36-14-11-31-27-24-8-10-30-19-25(24)23-7-6-21(28(34)35)17-26(23)32-27/h3-8,10,16-17,19,29,33H,1-2,9,11-15,18H2,(H,31,32)(H,34,35). The summed E-state index contributed by atoms with van der Waals surface area (Å²) in [6.07, 6.45) is 5.45. The van der Waals surface area contributed by atoms with Crippen LogP contribution < -0.4 is 15.4 Å². The summed E-state index contributed by atoms with van der Waals surface area (Å²) in [7, 11) is 0. The van der Waals surface area contributed by atoms with Crippen molar-refractivity contribution in [3.63, 3.8) is 0 Å². The number of nitrogens with zero attached hydrogens (tertiary/aromatic N) is 2. The quantitative estimate of drug-likeness (QED) is 0.141. The maximum atomic E-state index is 11.4. The molecule has 0 saturated heterocycles. The summed E-state index contributed by atoms with van der Waals surface area (Å²) in [5.41, 5.74) is 1.95. The van der Waals surface area contributed by atoms with Gasteiger partial charge in [-0.2, -0.15) is 0 Å². The van der Waals surface area contributed by atoms with Crippen LogP contribution in [0, 0.1) is 0 Å². The van der Waals surface area contributed by atoms with Crippen molar-refractivity contribution < 1.29 is 24.5 Å². The second kappa shape index (κ2) is 13.5. The number of anilines is 1. The topological polar surface area (TPSA) is 126 Å². The Hall–Kier alpha value is -3.79. The summed E-state index contributed by atoms with van der Waals surface area (Å²) in [6.45, 7) is 3.75. The summed E-state index contributed by atoms with van der Waals surface area (Å²) >= 11 is 0. The summed E-state index contributed by atoms with van der Waals surface area (Å²) in [5, 5.41) is 27.7. The second-order valence-corrected chi connectivity index (χ2v) is 8.56. The molecule has 0 aliphatic rings. The highest BCUT2D eigenvalue weighted by Gasteiger charge is 2.11. The molecule has 0 fully saturated rings. The highest BCUT2D eigenvalue weighted by Crippen LogP contribution is 2.29. The number of carboxylic acid groups (broad SMARTS) is 1. The minimum absolute atomic E-state index is 0.00488. The lowest BCUT2D eigenvalue weighted by Crippen LogP contribution is -2.16. The molecule has 0 radical (unpaired) electrons. The Morgan fingerprint density at radius 2 is 1.86 bits per heavy atom. The molecule has 0 spiro atoms. The average molecular weight is 505 g/mol. The predicted molar refractivity (Wildman–Crippen MR) is 143 cm³/mol. The van der Waals surface area contributed by atoms with E-state index in [0.29, 0.717) is 37.7 Å². The van der Waals surface area contributed by atoms with Crippen molar-refractivity contribution in [1.29, 1.82) is 0 Å². The first kappa shape index (κ1) is 26.3. The third kappa shape index (κ3) is 7.36. The Bertz CT molecular complexity index is 1330. The molecule has 37 heavy (non-hydrogen) atoms. The Kier molecular flexibility index (Phi) is 9.59. The van der Waals surface area contributed by atoms with Gasteiger partial charge in [0.15, 0.2) is 0 Å². The number of ether oxygens (including phenoxy) is 2. The van der Waals surface area contributed by atoms with Gasteiger partial charge in [0.1, 0.15) is 18.2 Å². The minimum atomic E-state index is -0.980. The second-order valence-electron chi connectivity index (χ2n) is 8.56. The molecule has 2 aromatic heterocycles. The van der Waals surface area contributed by atoms with Gasteiger partial charge in [-0.1, -0.05) is 18.2 Å². The molecule has 194 valence electrons. The van der Waals surface area contributed by atoms with Crippen molar-refractivity contribution in [3.05, 3.63) is 72.1 Å². The summed E-state index contributed by atoms with van der Waals surface area (Å²) in [5.74, 6) is 0.473. The molecule has 4 aromatic rings. The predicted octanol–water partition coefficient (Wildman–Crippen LogP) is 3.85. The first-order valence-corrected chi connectivity index (χ1v) is 12.4. The zero-order chi connectivity index (χ0) is 25.9. The fourth-order valence-electron chi connectivity index (χ4n) is 4.06. The van der Waals surface area contributed by atoms with Gasteiger partial charge < -0.3 is 30.3 Å². The Morgan fingerprint density at radius 3 is 2.73 bits per heavy atom. The molecule has 0 saturated carbocycles. The number of hydrogen-bond donors (Lipinski definition) is 4. The number of aliphatic hydroxyl groups is 1. The van der Waals surface area contributed by atoms with Gasteiger partial charge in [0.05, 0.1) is 24.3 Å². The van der Waals surface area contributed by atoms with Gasteiger partial charge in [-0.05, 0) is 55.3 Å². The van der Waals surface area contributed by atoms with E-state index in [9.17, 15) is 9.90 Å². The van der Waals surface area contributed by atoms with E-state index in [1.54, 1.807) is 30.6 Å². The van der Waals surface area contributed by atoms with Crippen LogP contribution in [0.3, 0.4) is 0 Å². The first-order chi connectivity index (χ1) is 18.2. The number of benzene rings is 2. The van der Waals surface area contributed by atoms with Crippen molar-refractivity contribution in [2.45, 2.75) is 19.4 Å². The zero-order valence-corrected chi connectivity index (χ0v) is 20.7. The van der Waals surface area contributed by atoms with E-state index in [1.165, 1.54) is 0 Å². The number of hydrogen-bond acceptors (Lipinski definition) is 8. The van der Waals surface area contributed by atoms with Crippen LogP contribution in [0.1, 0.15) is 28.8 Å². The van der Waals surface area contributed by atoms with E-state index in [-0.39, 0.29) is 12.2 Å². The van der Waals surface area contributed by atoms with Crippen LogP contribution in [-0.4, -0.2) is 65.7 Å². The molecule has 0 aliphatic heterocycles. The monoisotopic (exact) mass is 504 g/mol. The number of nitrogens with one attached hydrogen (secondary N) is 2. The number of aromatic nitrogens is 2. The molecule has 0 atom stereocenters. The summed E-state index contributed by atoms with van der Waals surface area (Å²) in [4.78, 5) is 20.3. The van der Waals surface area contributed by atoms with Crippen molar-refractivity contribution in [2.24, 2.45) is 0 Å². The number of aromatic carboxylic acids is 1. The van der Waals surface area contributed by atoms with Crippen LogP contribution in [0.25, 0.3) is 21.7 Å². The molecular weight excluding hydrogens is 472 g/mol. The summed E-state index contributed by atoms with van der Waals surface area (Å²) in [6, 6.07) is 14.7. The number of aliphatic hydroxyl groups excluding tert-OH is 1. The molecule has 0 unspecified atom stereocenters. The molecule has 2 heterocycles. The van der Waals surface area contributed by atoms with Crippen LogP contribution in [0.2, 0.25) is 0 Å². The molecule has 4 N–H and O–H groups in total. The summed E-state index contributed by atoms with van der Waals surface area (Å²) < 4.78 is 11.2. The van der Waals surface area contributed by atoms with Crippen LogP contribution in [0.4, 0.5) is 5.82 Å². The lowest BCUT2D eigenvalue weighted by Gasteiger charge is -2.12. The van der Waals surface area contributed by atoms with Crippen LogP contribution in [-0.2, 0) is 11.3 Å². The Morgan fingerprint density at radius 1 is 0.946 bits per heavy atom. The molecule has 2 aromatic carbocycles. The van der Waals surface area contributed by atoms with E-state index in [2.05, 4.69) is 20.6 Å². The Labute approximate surface area is 215 Å². The first-order valence-electron chi connectivity index (χ1n) is 12.4. The van der Waals surface area contributed by atoms with Gasteiger partial charge in [0, 0.05) is 48.2 Å². The number of carboxylic acids is 1. The maximum Gasteiger partial charge on any atom is 0.335 e. The van der Waals surface area contributed by atoms with Gasteiger partial charge in [0.25, 0.3) is 0 Å². The van der Waals surface area contributed by atoms with Gasteiger partial charge >= 0.3 is 5.97 Å². The minimum Gasteiger partial charge on any atom is -0.491 e. The van der Waals surface area contributed by atoms with Crippen LogP contribution in [0.15, 0.2) is 60.9 Å². The number of unbranched alkanes of at least 4 members (excludes halogenated alkanes) is 1. The Balaban J connectivity index is 1.17. The van der Waals surface area contributed by atoms with E-state index >= 15 is 0 Å². The third-order valence-corrected chi connectivity index (χ3v) is 5.86. The molecule has 9 nitrogen and oxygen atoms in total. The van der Waals surface area contributed by atoms with Gasteiger partial charge in [-0.25, -0.2) is 9.78 Å². The number of fused-ring (bicyclic) bond motifs is 3. The smallest absolute Gasteiger partial charge is 0.335 e. The van der Waals surface area contributed by atoms with Crippen molar-refractivity contribution >= 4 is 33.5 Å². The molecule has 0 bridgehead atoms.